The fourth-order valence-corrected chi connectivity index (χ4v) is 2.58. The van der Waals surface area contributed by atoms with Crippen molar-refractivity contribution in [2.24, 2.45) is 0 Å². The number of benzene rings is 2. The van der Waals surface area contributed by atoms with Crippen LogP contribution in [0.4, 0.5) is 10.2 Å². The zero-order valence-corrected chi connectivity index (χ0v) is 12.5. The summed E-state index contributed by atoms with van der Waals surface area (Å²) in [6.45, 7) is 0. The molecule has 0 fully saturated rings. The number of halogens is 3. The van der Waals surface area contributed by atoms with Crippen LogP contribution in [0, 0.1) is 5.82 Å². The smallest absolute Gasteiger partial charge is 0.163 e. The second-order valence-electron chi connectivity index (χ2n) is 4.43. The minimum atomic E-state index is -0.351. The topological polar surface area (TPSA) is 37.8 Å². The molecule has 0 atom stereocenters. The maximum atomic E-state index is 13.4. The maximum Gasteiger partial charge on any atom is 0.163 e. The van der Waals surface area contributed by atoms with Gasteiger partial charge >= 0.3 is 0 Å². The first kappa shape index (κ1) is 14.0. The monoisotopic (exact) mass is 321 g/mol. The van der Waals surface area contributed by atoms with Gasteiger partial charge in [0.2, 0.25) is 0 Å². The average Bonchev–Trinajstić information content (AvgIpc) is 2.45. The lowest BCUT2D eigenvalue weighted by Crippen LogP contribution is -1.99. The number of rotatable bonds is 2. The van der Waals surface area contributed by atoms with Crippen LogP contribution in [0.2, 0.25) is 10.0 Å². The minimum absolute atomic E-state index is 0.351. The summed E-state index contributed by atoms with van der Waals surface area (Å²) in [7, 11) is 1.75. The lowest BCUT2D eigenvalue weighted by atomic mass is 10.1. The van der Waals surface area contributed by atoms with E-state index in [0.29, 0.717) is 32.8 Å². The molecule has 0 spiro atoms. The Balaban J connectivity index is 2.27. The zero-order valence-electron chi connectivity index (χ0n) is 11.0. The molecule has 106 valence electrons. The second kappa shape index (κ2) is 5.47. The van der Waals surface area contributed by atoms with Crippen molar-refractivity contribution in [1.29, 1.82) is 0 Å². The van der Waals surface area contributed by atoms with Crippen molar-refractivity contribution in [3.63, 3.8) is 0 Å². The Morgan fingerprint density at radius 3 is 2.57 bits per heavy atom. The van der Waals surface area contributed by atoms with Crippen molar-refractivity contribution in [2.75, 3.05) is 12.4 Å². The van der Waals surface area contributed by atoms with Gasteiger partial charge in [-0.15, -0.1) is 0 Å². The molecule has 0 amide bonds. The van der Waals surface area contributed by atoms with E-state index in [9.17, 15) is 4.39 Å². The van der Waals surface area contributed by atoms with Gasteiger partial charge in [-0.25, -0.2) is 14.4 Å². The summed E-state index contributed by atoms with van der Waals surface area (Å²) in [4.78, 5) is 8.82. The average molecular weight is 322 g/mol. The summed E-state index contributed by atoms with van der Waals surface area (Å²) in [5.74, 6) is 0.677. The van der Waals surface area contributed by atoms with Crippen LogP contribution in [0.1, 0.15) is 0 Å². The number of hydrogen-bond donors (Lipinski definition) is 1. The van der Waals surface area contributed by atoms with E-state index < -0.39 is 0 Å². The quantitative estimate of drug-likeness (QED) is 0.737. The first-order chi connectivity index (χ1) is 10.1. The summed E-state index contributed by atoms with van der Waals surface area (Å²) in [6, 6.07) is 9.46. The fraction of sp³-hybridized carbons (Fsp3) is 0.0667. The van der Waals surface area contributed by atoms with E-state index in [0.717, 1.165) is 5.39 Å². The third-order valence-corrected chi connectivity index (χ3v) is 3.62. The van der Waals surface area contributed by atoms with E-state index in [-0.39, 0.29) is 5.82 Å². The van der Waals surface area contributed by atoms with Crippen LogP contribution < -0.4 is 5.32 Å². The molecule has 0 aliphatic rings. The third kappa shape index (κ3) is 2.64. The van der Waals surface area contributed by atoms with Gasteiger partial charge in [0.05, 0.1) is 10.5 Å². The molecule has 3 rings (SSSR count). The highest BCUT2D eigenvalue weighted by atomic mass is 35.5. The van der Waals surface area contributed by atoms with Gasteiger partial charge in [-0.1, -0.05) is 23.2 Å². The number of fused-ring (bicyclic) bond motifs is 1. The van der Waals surface area contributed by atoms with Crippen LogP contribution >= 0.6 is 23.2 Å². The highest BCUT2D eigenvalue weighted by molar-refractivity contribution is 6.36. The maximum absolute atomic E-state index is 13.4. The van der Waals surface area contributed by atoms with E-state index in [2.05, 4.69) is 15.3 Å². The lowest BCUT2D eigenvalue weighted by molar-refractivity contribution is 0.629. The minimum Gasteiger partial charge on any atom is -0.373 e. The number of nitrogens with zero attached hydrogens (tertiary/aromatic N) is 2. The summed E-state index contributed by atoms with van der Waals surface area (Å²) in [5, 5.41) is 4.71. The summed E-state index contributed by atoms with van der Waals surface area (Å²) < 4.78 is 13.4. The molecule has 3 aromatic rings. The van der Waals surface area contributed by atoms with Crippen molar-refractivity contribution >= 4 is 39.9 Å². The van der Waals surface area contributed by atoms with Gasteiger partial charge in [-0.2, -0.15) is 0 Å². The molecule has 0 saturated carbocycles. The summed E-state index contributed by atoms with van der Waals surface area (Å²) >= 11 is 12.1. The lowest BCUT2D eigenvalue weighted by Gasteiger charge is -2.09. The van der Waals surface area contributed by atoms with Crippen LogP contribution in [0.25, 0.3) is 22.3 Å². The fourth-order valence-electron chi connectivity index (χ4n) is 2.08. The predicted molar refractivity (Wildman–Crippen MR) is 84.5 cm³/mol. The molecule has 1 heterocycles. The van der Waals surface area contributed by atoms with Crippen molar-refractivity contribution in [2.45, 2.75) is 0 Å². The Kier molecular flexibility index (Phi) is 3.66. The molecule has 0 aliphatic heterocycles. The van der Waals surface area contributed by atoms with E-state index in [1.54, 1.807) is 31.3 Å². The van der Waals surface area contributed by atoms with Crippen molar-refractivity contribution < 1.29 is 4.39 Å². The van der Waals surface area contributed by atoms with Crippen LogP contribution in [-0.2, 0) is 0 Å². The molecule has 6 heteroatoms. The molecule has 0 unspecified atom stereocenters. The van der Waals surface area contributed by atoms with Gasteiger partial charge in [-0.3, -0.25) is 0 Å². The molecule has 1 N–H and O–H groups in total. The summed E-state index contributed by atoms with van der Waals surface area (Å²) in [6.07, 6.45) is 0. The van der Waals surface area contributed by atoms with Gasteiger partial charge in [0, 0.05) is 29.1 Å². The van der Waals surface area contributed by atoms with Crippen LogP contribution in [0.15, 0.2) is 36.4 Å². The molecule has 3 nitrogen and oxygen atoms in total. The molecule has 0 radical (unpaired) electrons. The van der Waals surface area contributed by atoms with Gasteiger partial charge in [0.15, 0.2) is 5.82 Å². The van der Waals surface area contributed by atoms with Gasteiger partial charge in [0.25, 0.3) is 0 Å². The molecule has 1 aromatic heterocycles. The Hall–Kier alpha value is -1.91. The Bertz CT molecular complexity index is 837. The Morgan fingerprint density at radius 1 is 1.05 bits per heavy atom. The van der Waals surface area contributed by atoms with E-state index >= 15 is 0 Å². The number of anilines is 1. The molecular weight excluding hydrogens is 312 g/mol. The molecule has 2 aromatic carbocycles. The first-order valence-corrected chi connectivity index (χ1v) is 6.94. The van der Waals surface area contributed by atoms with Crippen LogP contribution in [0.3, 0.4) is 0 Å². The zero-order chi connectivity index (χ0) is 15.0. The van der Waals surface area contributed by atoms with Crippen LogP contribution in [0.5, 0.6) is 0 Å². The van der Waals surface area contributed by atoms with Crippen molar-refractivity contribution in [3.8, 4) is 11.4 Å². The molecule has 21 heavy (non-hydrogen) atoms. The van der Waals surface area contributed by atoms with Gasteiger partial charge in [0.1, 0.15) is 11.6 Å². The highest BCUT2D eigenvalue weighted by Gasteiger charge is 2.12. The molecular formula is C15H10Cl2FN3. The third-order valence-electron chi connectivity index (χ3n) is 3.07. The predicted octanol–water partition coefficient (Wildman–Crippen LogP) is 4.78. The van der Waals surface area contributed by atoms with Crippen LogP contribution in [-0.4, -0.2) is 17.0 Å². The second-order valence-corrected chi connectivity index (χ2v) is 5.28. The van der Waals surface area contributed by atoms with E-state index in [1.165, 1.54) is 12.1 Å². The van der Waals surface area contributed by atoms with Crippen molar-refractivity contribution in [3.05, 3.63) is 52.3 Å². The Morgan fingerprint density at radius 2 is 1.86 bits per heavy atom. The first-order valence-electron chi connectivity index (χ1n) is 6.19. The normalized spacial score (nSPS) is 10.9. The number of hydrogen-bond acceptors (Lipinski definition) is 3. The molecule has 0 saturated heterocycles. The largest absolute Gasteiger partial charge is 0.373 e. The molecule has 0 aliphatic carbocycles. The number of nitrogens with one attached hydrogen (secondary N) is 1. The van der Waals surface area contributed by atoms with E-state index in [4.69, 9.17) is 23.2 Å². The standard InChI is InChI=1S/C15H10Cl2FN3/c1-19-14-11-5-3-9(18)7-13(11)20-15(21-14)10-4-2-8(16)6-12(10)17/h2-7H,1H3,(H,19,20,21). The van der Waals surface area contributed by atoms with Gasteiger partial charge in [-0.05, 0) is 30.3 Å². The highest BCUT2D eigenvalue weighted by Crippen LogP contribution is 2.31. The molecule has 0 bridgehead atoms. The number of aromatic nitrogens is 2. The Labute approximate surface area is 130 Å². The van der Waals surface area contributed by atoms with Gasteiger partial charge < -0.3 is 5.32 Å². The van der Waals surface area contributed by atoms with E-state index in [1.807, 2.05) is 0 Å². The SMILES string of the molecule is CNc1nc(-c2ccc(Cl)cc2Cl)nc2cc(F)ccc12. The summed E-state index contributed by atoms with van der Waals surface area (Å²) in [5.41, 5.74) is 1.15. The van der Waals surface area contributed by atoms with Crippen molar-refractivity contribution in [1.82, 2.24) is 9.97 Å².